The number of carbonyl (C=O) groups excluding carboxylic acids is 1. The first kappa shape index (κ1) is 28.3. The maximum atomic E-state index is 15.0. The molecule has 41 heavy (non-hydrogen) atoms. The van der Waals surface area contributed by atoms with Gasteiger partial charge in [-0.2, -0.15) is 18.3 Å². The zero-order valence-electron chi connectivity index (χ0n) is 21.1. The van der Waals surface area contributed by atoms with Crippen molar-refractivity contribution in [3.8, 4) is 17.3 Å². The Morgan fingerprint density at radius 1 is 1.20 bits per heavy atom. The molecular formula is C26H22ClF4N7O3. The van der Waals surface area contributed by atoms with Gasteiger partial charge in [0.2, 0.25) is 0 Å². The number of nitrogen functional groups attached to an aromatic ring is 1. The van der Waals surface area contributed by atoms with E-state index < -0.39 is 35.3 Å². The number of hydrogen-bond acceptors (Lipinski definition) is 8. The van der Waals surface area contributed by atoms with E-state index >= 15 is 4.39 Å². The van der Waals surface area contributed by atoms with Crippen molar-refractivity contribution in [2.45, 2.75) is 25.2 Å². The summed E-state index contributed by atoms with van der Waals surface area (Å²) in [7, 11) is 0. The highest BCUT2D eigenvalue weighted by Gasteiger charge is 2.41. The molecule has 1 aromatic carbocycles. The number of benzene rings is 1. The molecule has 1 aliphatic heterocycles. The molecule has 1 aliphatic rings. The van der Waals surface area contributed by atoms with Crippen LogP contribution in [0.4, 0.5) is 29.1 Å². The highest BCUT2D eigenvalue weighted by atomic mass is 35.5. The average Bonchev–Trinajstić information content (AvgIpc) is 3.54. The number of anilines is 2. The summed E-state index contributed by atoms with van der Waals surface area (Å²) in [5.74, 6) is -2.19. The van der Waals surface area contributed by atoms with Gasteiger partial charge in [0.15, 0.2) is 23.1 Å². The molecule has 15 heteroatoms. The number of ether oxygens (including phenoxy) is 1. The number of amides is 1. The van der Waals surface area contributed by atoms with Crippen molar-refractivity contribution in [2.75, 3.05) is 24.1 Å². The largest absolute Gasteiger partial charge is 0.454 e. The highest BCUT2D eigenvalue weighted by molar-refractivity contribution is 6.32. The molecule has 4 N–H and O–H groups in total. The van der Waals surface area contributed by atoms with Crippen LogP contribution in [0.3, 0.4) is 0 Å². The highest BCUT2D eigenvalue weighted by Crippen LogP contribution is 2.36. The second kappa shape index (κ2) is 11.3. The first-order valence-corrected chi connectivity index (χ1v) is 12.6. The number of rotatable bonds is 7. The van der Waals surface area contributed by atoms with Gasteiger partial charge in [0, 0.05) is 43.8 Å². The van der Waals surface area contributed by atoms with Crippen molar-refractivity contribution in [1.29, 1.82) is 0 Å². The first-order chi connectivity index (χ1) is 19.5. The number of aliphatic hydroxyl groups excluding tert-OH is 1. The lowest BCUT2D eigenvalue weighted by Crippen LogP contribution is -2.22. The minimum Gasteiger partial charge on any atom is -0.454 e. The quantitative estimate of drug-likeness (QED) is 0.264. The van der Waals surface area contributed by atoms with E-state index in [0.29, 0.717) is 36.3 Å². The Labute approximate surface area is 235 Å². The molecule has 5 rings (SSSR count). The van der Waals surface area contributed by atoms with E-state index in [1.54, 1.807) is 0 Å². The van der Waals surface area contributed by atoms with E-state index in [0.717, 1.165) is 12.3 Å². The third-order valence-corrected chi connectivity index (χ3v) is 6.60. The maximum Gasteiger partial charge on any atom is 0.434 e. The number of hydrogen-bond donors (Lipinski definition) is 3. The van der Waals surface area contributed by atoms with Gasteiger partial charge >= 0.3 is 6.18 Å². The summed E-state index contributed by atoms with van der Waals surface area (Å²) in [6.45, 7) is 1.41. The van der Waals surface area contributed by atoms with E-state index in [1.807, 2.05) is 4.90 Å². The zero-order valence-corrected chi connectivity index (χ0v) is 21.8. The maximum absolute atomic E-state index is 15.0. The Balaban J connectivity index is 1.36. The number of alkyl halides is 3. The van der Waals surface area contributed by atoms with Crippen LogP contribution in [0.25, 0.3) is 5.82 Å². The van der Waals surface area contributed by atoms with Crippen LogP contribution in [0.5, 0.6) is 11.5 Å². The topological polar surface area (TPSA) is 131 Å². The number of aliphatic hydroxyl groups is 1. The van der Waals surface area contributed by atoms with Crippen molar-refractivity contribution < 1.29 is 32.2 Å². The number of pyridine rings is 2. The molecule has 4 heterocycles. The molecule has 1 amide bonds. The predicted molar refractivity (Wildman–Crippen MR) is 140 cm³/mol. The van der Waals surface area contributed by atoms with Crippen molar-refractivity contribution in [1.82, 2.24) is 24.6 Å². The predicted octanol–water partition coefficient (Wildman–Crippen LogP) is 4.67. The second-order valence-corrected chi connectivity index (χ2v) is 9.58. The van der Waals surface area contributed by atoms with Gasteiger partial charge in [0.05, 0.1) is 28.5 Å². The molecule has 0 aliphatic carbocycles. The van der Waals surface area contributed by atoms with Gasteiger partial charge in [-0.3, -0.25) is 9.69 Å². The molecule has 0 bridgehead atoms. The van der Waals surface area contributed by atoms with Gasteiger partial charge < -0.3 is 20.9 Å². The normalized spacial score (nSPS) is 15.7. The van der Waals surface area contributed by atoms with Crippen LogP contribution in [-0.2, 0) is 12.7 Å². The van der Waals surface area contributed by atoms with Gasteiger partial charge in [-0.25, -0.2) is 19.0 Å². The Bertz CT molecular complexity index is 1600. The third kappa shape index (κ3) is 6.09. The van der Waals surface area contributed by atoms with Gasteiger partial charge in [0.25, 0.3) is 5.91 Å². The SMILES string of the molecule is Nc1nccc(Oc2ccc(NC(=O)c3cnn(-c4ncccc4Cl)c3C(F)(F)F)cc2F)c1CN1CCC(O)C1. The number of carbonyl (C=O) groups is 1. The fraction of sp³-hybridized carbons (Fsp3) is 0.231. The summed E-state index contributed by atoms with van der Waals surface area (Å²) in [6, 6.07) is 7.66. The van der Waals surface area contributed by atoms with Gasteiger partial charge in [-0.15, -0.1) is 0 Å². The number of nitrogens with two attached hydrogens (primary N) is 1. The lowest BCUT2D eigenvalue weighted by atomic mass is 10.2. The summed E-state index contributed by atoms with van der Waals surface area (Å²) in [5, 5.41) is 15.6. The Hall–Kier alpha value is -4.27. The number of nitrogens with one attached hydrogen (secondary N) is 1. The molecule has 1 unspecified atom stereocenters. The van der Waals surface area contributed by atoms with Crippen molar-refractivity contribution >= 4 is 29.0 Å². The van der Waals surface area contributed by atoms with E-state index in [1.165, 1.54) is 42.7 Å². The monoisotopic (exact) mass is 591 g/mol. The molecule has 1 saturated heterocycles. The van der Waals surface area contributed by atoms with E-state index in [-0.39, 0.29) is 33.8 Å². The minimum absolute atomic E-state index is 0.108. The second-order valence-electron chi connectivity index (χ2n) is 9.18. The van der Waals surface area contributed by atoms with Gasteiger partial charge in [-0.1, -0.05) is 11.6 Å². The van der Waals surface area contributed by atoms with Crippen LogP contribution >= 0.6 is 11.6 Å². The molecule has 3 aromatic heterocycles. The molecule has 1 atom stereocenters. The van der Waals surface area contributed by atoms with Gasteiger partial charge in [-0.05, 0) is 36.8 Å². The molecular weight excluding hydrogens is 570 g/mol. The molecule has 0 radical (unpaired) electrons. The Kier molecular flexibility index (Phi) is 7.80. The first-order valence-electron chi connectivity index (χ1n) is 12.2. The summed E-state index contributed by atoms with van der Waals surface area (Å²) >= 11 is 5.99. The van der Waals surface area contributed by atoms with Gasteiger partial charge in [0.1, 0.15) is 11.6 Å². The van der Waals surface area contributed by atoms with Crippen molar-refractivity contribution in [3.63, 3.8) is 0 Å². The standard InChI is InChI=1S/C26H22ClF4N7O3/c27-18-2-1-7-34-24(18)38-22(26(29,30)31)16(11-35-38)25(40)36-14-3-4-21(19(28)10-14)41-20-5-8-33-23(32)17(20)13-37-9-6-15(39)12-37/h1-5,7-8,10-11,15,39H,6,9,12-13H2,(H2,32,33)(H,36,40). The number of nitrogens with zero attached hydrogens (tertiary/aromatic N) is 5. The van der Waals surface area contributed by atoms with Crippen LogP contribution in [0, 0.1) is 5.82 Å². The van der Waals surface area contributed by atoms with Crippen molar-refractivity contribution in [3.05, 3.63) is 82.6 Å². The summed E-state index contributed by atoms with van der Waals surface area (Å²) in [5.41, 5.74) is 4.19. The molecule has 214 valence electrons. The lowest BCUT2D eigenvalue weighted by molar-refractivity contribution is -0.143. The summed E-state index contributed by atoms with van der Waals surface area (Å²) < 4.78 is 63.1. The molecule has 10 nitrogen and oxygen atoms in total. The van der Waals surface area contributed by atoms with Crippen LogP contribution in [0.15, 0.2) is 55.0 Å². The fourth-order valence-electron chi connectivity index (χ4n) is 4.38. The van der Waals surface area contributed by atoms with Crippen LogP contribution in [0.2, 0.25) is 5.02 Å². The van der Waals surface area contributed by atoms with Crippen LogP contribution < -0.4 is 15.8 Å². The van der Waals surface area contributed by atoms with Crippen LogP contribution in [0.1, 0.15) is 28.0 Å². The number of aromatic nitrogens is 4. The van der Waals surface area contributed by atoms with E-state index in [9.17, 15) is 23.1 Å². The zero-order chi connectivity index (χ0) is 29.3. The molecule has 4 aromatic rings. The molecule has 1 fully saturated rings. The fourth-order valence-corrected chi connectivity index (χ4v) is 4.58. The average molecular weight is 592 g/mol. The Morgan fingerprint density at radius 3 is 2.68 bits per heavy atom. The van der Waals surface area contributed by atoms with Crippen molar-refractivity contribution in [2.24, 2.45) is 0 Å². The summed E-state index contributed by atoms with van der Waals surface area (Å²) in [4.78, 5) is 22.7. The Morgan fingerprint density at radius 2 is 2.00 bits per heavy atom. The molecule has 0 saturated carbocycles. The molecule has 0 spiro atoms. The third-order valence-electron chi connectivity index (χ3n) is 6.31. The number of β-amino-alcohol motifs (C(OH)–C–C–N with tert-alkyl or cyclic N) is 1. The lowest BCUT2D eigenvalue weighted by Gasteiger charge is -2.19. The van der Waals surface area contributed by atoms with Crippen LogP contribution in [-0.4, -0.2) is 54.9 Å². The number of halogens is 5. The minimum atomic E-state index is -5.00. The smallest absolute Gasteiger partial charge is 0.434 e. The number of likely N-dealkylation sites (tertiary alicyclic amines) is 1. The van der Waals surface area contributed by atoms with E-state index in [2.05, 4.69) is 20.4 Å². The summed E-state index contributed by atoms with van der Waals surface area (Å²) in [6.07, 6.45) is -1.48. The van der Waals surface area contributed by atoms with E-state index in [4.69, 9.17) is 22.1 Å².